The van der Waals surface area contributed by atoms with E-state index in [1.807, 2.05) is 59.5 Å². The minimum Gasteiger partial charge on any atom is -0.489 e. The van der Waals surface area contributed by atoms with Crippen molar-refractivity contribution in [2.75, 3.05) is 13.1 Å². The average Bonchev–Trinajstić information content (AvgIpc) is 3.13. The predicted octanol–water partition coefficient (Wildman–Crippen LogP) is 3.89. The van der Waals surface area contributed by atoms with E-state index >= 15 is 0 Å². The molecule has 0 spiro atoms. The number of hydrogen-bond acceptors (Lipinski definition) is 3. The number of halogens is 1. The van der Waals surface area contributed by atoms with Crippen LogP contribution in [0, 0.1) is 11.8 Å². The van der Waals surface area contributed by atoms with Gasteiger partial charge < -0.3 is 15.4 Å². The molecule has 1 amide bonds. The molecule has 144 valence electrons. The molecule has 4 nitrogen and oxygen atoms in total. The first-order chi connectivity index (χ1) is 12.7. The minimum atomic E-state index is 0. The Balaban J connectivity index is 0.00000210. The van der Waals surface area contributed by atoms with Crippen LogP contribution in [0.3, 0.4) is 0 Å². The monoisotopic (exact) mass is 386 g/mol. The highest BCUT2D eigenvalue weighted by Crippen LogP contribution is 2.36. The number of nitrogens with zero attached hydrogens (tertiary/aromatic N) is 1. The fourth-order valence-electron chi connectivity index (χ4n) is 4.30. The highest BCUT2D eigenvalue weighted by atomic mass is 35.5. The van der Waals surface area contributed by atoms with Crippen molar-refractivity contribution in [3.63, 3.8) is 0 Å². The Morgan fingerprint density at radius 2 is 1.78 bits per heavy atom. The highest BCUT2D eigenvalue weighted by Gasteiger charge is 2.40. The Kier molecular flexibility index (Phi) is 6.40. The molecule has 3 unspecified atom stereocenters. The smallest absolute Gasteiger partial charge is 0.253 e. The van der Waals surface area contributed by atoms with Crippen molar-refractivity contribution in [1.29, 1.82) is 0 Å². The summed E-state index contributed by atoms with van der Waals surface area (Å²) in [5, 5.41) is 0. The van der Waals surface area contributed by atoms with E-state index in [-0.39, 0.29) is 24.4 Å². The number of rotatable bonds is 4. The molecule has 1 heterocycles. The van der Waals surface area contributed by atoms with E-state index in [1.54, 1.807) is 0 Å². The number of hydrogen-bond donors (Lipinski definition) is 1. The first-order valence-corrected chi connectivity index (χ1v) is 9.52. The molecular formula is C22H27ClN2O2. The summed E-state index contributed by atoms with van der Waals surface area (Å²) >= 11 is 0. The quantitative estimate of drug-likeness (QED) is 0.867. The largest absolute Gasteiger partial charge is 0.489 e. The second-order valence-electron chi connectivity index (χ2n) is 7.53. The lowest BCUT2D eigenvalue weighted by Gasteiger charge is -2.29. The van der Waals surface area contributed by atoms with Crippen molar-refractivity contribution in [1.82, 2.24) is 4.90 Å². The summed E-state index contributed by atoms with van der Waals surface area (Å²) in [6.07, 6.45) is 3.49. The molecule has 1 saturated heterocycles. The van der Waals surface area contributed by atoms with Crippen molar-refractivity contribution < 1.29 is 9.53 Å². The molecule has 3 atom stereocenters. The SMILES string of the molecule is Cl.NC1CCCC2CN(C(=O)c3ccc(OCc4ccccc4)cc3)CC12. The number of benzene rings is 2. The number of carbonyl (C=O) groups is 1. The highest BCUT2D eigenvalue weighted by molar-refractivity contribution is 5.94. The van der Waals surface area contributed by atoms with Crippen LogP contribution in [0.1, 0.15) is 35.2 Å². The first-order valence-electron chi connectivity index (χ1n) is 9.52. The third-order valence-corrected chi connectivity index (χ3v) is 5.79. The number of ether oxygens (including phenoxy) is 1. The van der Waals surface area contributed by atoms with Gasteiger partial charge in [-0.15, -0.1) is 12.4 Å². The number of likely N-dealkylation sites (tertiary alicyclic amines) is 1. The summed E-state index contributed by atoms with van der Waals surface area (Å²) in [6, 6.07) is 17.8. The summed E-state index contributed by atoms with van der Waals surface area (Å²) in [7, 11) is 0. The normalized spacial score (nSPS) is 24.0. The van der Waals surface area contributed by atoms with Crippen molar-refractivity contribution >= 4 is 18.3 Å². The third-order valence-electron chi connectivity index (χ3n) is 5.79. The molecule has 1 aliphatic heterocycles. The van der Waals surface area contributed by atoms with E-state index in [1.165, 1.54) is 12.8 Å². The maximum atomic E-state index is 12.8. The number of amides is 1. The van der Waals surface area contributed by atoms with Gasteiger partial charge in [0.1, 0.15) is 12.4 Å². The van der Waals surface area contributed by atoms with E-state index in [4.69, 9.17) is 10.5 Å². The molecule has 0 bridgehead atoms. The van der Waals surface area contributed by atoms with Gasteiger partial charge in [0.2, 0.25) is 0 Å². The summed E-state index contributed by atoms with van der Waals surface area (Å²) in [6.45, 7) is 2.18. The maximum Gasteiger partial charge on any atom is 0.253 e. The molecule has 2 N–H and O–H groups in total. The van der Waals surface area contributed by atoms with Crippen LogP contribution in [0.2, 0.25) is 0 Å². The molecule has 4 rings (SSSR count). The summed E-state index contributed by atoms with van der Waals surface area (Å²) < 4.78 is 5.80. The van der Waals surface area contributed by atoms with E-state index in [0.717, 1.165) is 36.4 Å². The number of fused-ring (bicyclic) bond motifs is 1. The van der Waals surface area contributed by atoms with Crippen LogP contribution < -0.4 is 10.5 Å². The second kappa shape index (κ2) is 8.77. The van der Waals surface area contributed by atoms with Crippen LogP contribution >= 0.6 is 12.4 Å². The first kappa shape index (κ1) is 19.7. The molecular weight excluding hydrogens is 360 g/mol. The second-order valence-corrected chi connectivity index (χ2v) is 7.53. The van der Waals surface area contributed by atoms with E-state index in [2.05, 4.69) is 0 Å². The zero-order chi connectivity index (χ0) is 17.9. The van der Waals surface area contributed by atoms with Gasteiger partial charge in [-0.3, -0.25) is 4.79 Å². The van der Waals surface area contributed by atoms with Crippen molar-refractivity contribution in [2.45, 2.75) is 31.9 Å². The Morgan fingerprint density at radius 1 is 1.04 bits per heavy atom. The van der Waals surface area contributed by atoms with Crippen LogP contribution in [-0.4, -0.2) is 29.9 Å². The van der Waals surface area contributed by atoms with Gasteiger partial charge in [0, 0.05) is 24.7 Å². The Labute approximate surface area is 167 Å². The zero-order valence-corrected chi connectivity index (χ0v) is 16.2. The lowest BCUT2D eigenvalue weighted by Crippen LogP contribution is -2.38. The van der Waals surface area contributed by atoms with E-state index < -0.39 is 0 Å². The van der Waals surface area contributed by atoms with E-state index in [0.29, 0.717) is 18.4 Å². The molecule has 0 aromatic heterocycles. The van der Waals surface area contributed by atoms with Gasteiger partial charge in [-0.25, -0.2) is 0 Å². The van der Waals surface area contributed by atoms with Gasteiger partial charge in [0.25, 0.3) is 5.91 Å². The van der Waals surface area contributed by atoms with Crippen LogP contribution in [0.5, 0.6) is 5.75 Å². The number of nitrogens with two attached hydrogens (primary N) is 1. The summed E-state index contributed by atoms with van der Waals surface area (Å²) in [5.41, 5.74) is 8.12. The van der Waals surface area contributed by atoms with Crippen LogP contribution in [0.25, 0.3) is 0 Å². The molecule has 2 aromatic rings. The van der Waals surface area contributed by atoms with Crippen LogP contribution in [-0.2, 0) is 6.61 Å². The molecule has 27 heavy (non-hydrogen) atoms. The van der Waals surface area contributed by atoms with Gasteiger partial charge in [-0.1, -0.05) is 36.8 Å². The van der Waals surface area contributed by atoms with Gasteiger partial charge >= 0.3 is 0 Å². The van der Waals surface area contributed by atoms with Crippen LogP contribution in [0.15, 0.2) is 54.6 Å². The molecule has 1 saturated carbocycles. The lowest BCUT2D eigenvalue weighted by atomic mass is 9.78. The standard InChI is InChI=1S/C22H26N2O2.ClH/c23-21-8-4-7-18-13-24(14-20(18)21)22(25)17-9-11-19(12-10-17)26-15-16-5-2-1-3-6-16;/h1-3,5-6,9-12,18,20-21H,4,7-8,13-15,23H2;1H. The van der Waals surface area contributed by atoms with Crippen molar-refractivity contribution in [2.24, 2.45) is 17.6 Å². The van der Waals surface area contributed by atoms with Crippen molar-refractivity contribution in [3.05, 3.63) is 65.7 Å². The van der Waals surface area contributed by atoms with Gasteiger partial charge in [-0.2, -0.15) is 0 Å². The fraction of sp³-hybridized carbons (Fsp3) is 0.409. The fourth-order valence-corrected chi connectivity index (χ4v) is 4.30. The molecule has 1 aliphatic carbocycles. The molecule has 2 aliphatic rings. The third kappa shape index (κ3) is 4.45. The lowest BCUT2D eigenvalue weighted by molar-refractivity contribution is 0.0783. The average molecular weight is 387 g/mol. The minimum absolute atomic E-state index is 0. The van der Waals surface area contributed by atoms with E-state index in [9.17, 15) is 4.79 Å². The molecule has 2 aromatic carbocycles. The van der Waals surface area contributed by atoms with Gasteiger partial charge in [0.15, 0.2) is 0 Å². The Hall–Kier alpha value is -2.04. The summed E-state index contributed by atoms with van der Waals surface area (Å²) in [4.78, 5) is 14.8. The Bertz CT molecular complexity index is 751. The summed E-state index contributed by atoms with van der Waals surface area (Å²) in [5.74, 6) is 1.95. The Morgan fingerprint density at radius 3 is 2.48 bits per heavy atom. The molecule has 2 fully saturated rings. The maximum absolute atomic E-state index is 12.8. The van der Waals surface area contributed by atoms with Gasteiger partial charge in [0.05, 0.1) is 0 Å². The molecule has 5 heteroatoms. The zero-order valence-electron chi connectivity index (χ0n) is 15.4. The predicted molar refractivity (Wildman–Crippen MR) is 109 cm³/mol. The van der Waals surface area contributed by atoms with Gasteiger partial charge in [-0.05, 0) is 54.5 Å². The van der Waals surface area contributed by atoms with Crippen molar-refractivity contribution in [3.8, 4) is 5.75 Å². The number of carbonyl (C=O) groups excluding carboxylic acids is 1. The topological polar surface area (TPSA) is 55.6 Å². The molecule has 0 radical (unpaired) electrons. The van der Waals surface area contributed by atoms with Crippen LogP contribution in [0.4, 0.5) is 0 Å².